The van der Waals surface area contributed by atoms with E-state index in [0.29, 0.717) is 11.3 Å². The molecular weight excluding hydrogens is 144 g/mol. The lowest BCUT2D eigenvalue weighted by atomic mass is 9.78. The van der Waals surface area contributed by atoms with E-state index in [0.717, 1.165) is 0 Å². The number of rotatable bonds is 0. The molecule has 0 aromatic carbocycles. The summed E-state index contributed by atoms with van der Waals surface area (Å²) >= 11 is 0. The van der Waals surface area contributed by atoms with Crippen LogP contribution < -0.4 is 0 Å². The maximum absolute atomic E-state index is 2.41. The summed E-state index contributed by atoms with van der Waals surface area (Å²) in [6.45, 7) is 13.6. The molecule has 0 saturated carbocycles. The van der Waals surface area contributed by atoms with Crippen LogP contribution in [0.4, 0.5) is 0 Å². The second-order valence-corrected chi connectivity index (χ2v) is 5.00. The van der Waals surface area contributed by atoms with Crippen molar-refractivity contribution < 1.29 is 0 Å². The molecule has 0 spiro atoms. The molecule has 0 saturated heterocycles. The van der Waals surface area contributed by atoms with E-state index in [1.807, 2.05) is 0 Å². The topological polar surface area (TPSA) is 0 Å². The zero-order chi connectivity index (χ0) is 9.52. The van der Waals surface area contributed by atoms with Crippen LogP contribution in [0, 0.1) is 11.3 Å². The molecule has 12 heavy (non-hydrogen) atoms. The fourth-order valence-corrected chi connectivity index (χ4v) is 1.94. The van der Waals surface area contributed by atoms with Crippen LogP contribution in [0.2, 0.25) is 0 Å². The zero-order valence-electron chi connectivity index (χ0n) is 9.15. The van der Waals surface area contributed by atoms with Gasteiger partial charge in [-0.1, -0.05) is 38.0 Å². The van der Waals surface area contributed by atoms with Crippen LogP contribution in [-0.2, 0) is 0 Å². The van der Waals surface area contributed by atoms with Gasteiger partial charge in [0.1, 0.15) is 0 Å². The van der Waals surface area contributed by atoms with Gasteiger partial charge in [-0.25, -0.2) is 0 Å². The third-order valence-electron chi connectivity index (χ3n) is 3.00. The Labute approximate surface area is 76.4 Å². The summed E-state index contributed by atoms with van der Waals surface area (Å²) < 4.78 is 0. The Kier molecular flexibility index (Phi) is 2.20. The Hall–Kier alpha value is -0.520. The summed E-state index contributed by atoms with van der Waals surface area (Å²) in [6.07, 6.45) is 2.41. The van der Waals surface area contributed by atoms with Gasteiger partial charge >= 0.3 is 0 Å². The SMILES string of the molecule is CC1=CC(C(C)(C)C)C(C)=C1C. The first kappa shape index (κ1) is 9.57. The predicted octanol–water partition coefficient (Wildman–Crippen LogP) is 3.95. The molecule has 0 fully saturated rings. The van der Waals surface area contributed by atoms with Gasteiger partial charge in [0.2, 0.25) is 0 Å². The molecule has 0 nitrogen and oxygen atoms in total. The van der Waals surface area contributed by atoms with Crippen molar-refractivity contribution >= 4 is 0 Å². The van der Waals surface area contributed by atoms with Gasteiger partial charge in [-0.15, -0.1) is 0 Å². The number of allylic oxidation sites excluding steroid dienone is 4. The predicted molar refractivity (Wildman–Crippen MR) is 55.1 cm³/mol. The lowest BCUT2D eigenvalue weighted by Crippen LogP contribution is -2.18. The lowest BCUT2D eigenvalue weighted by Gasteiger charge is -2.27. The quantitative estimate of drug-likeness (QED) is 0.508. The standard InChI is InChI=1S/C12H20/c1-8-7-11(12(4,5)6)10(3)9(8)2/h7,11H,1-6H3. The van der Waals surface area contributed by atoms with Crippen LogP contribution in [0.25, 0.3) is 0 Å². The molecule has 1 unspecified atom stereocenters. The molecule has 1 rings (SSSR count). The van der Waals surface area contributed by atoms with E-state index in [2.05, 4.69) is 47.6 Å². The fourth-order valence-electron chi connectivity index (χ4n) is 1.94. The van der Waals surface area contributed by atoms with Gasteiger partial charge in [-0.2, -0.15) is 0 Å². The van der Waals surface area contributed by atoms with E-state index < -0.39 is 0 Å². The number of hydrogen-bond acceptors (Lipinski definition) is 0. The van der Waals surface area contributed by atoms with E-state index in [1.165, 1.54) is 11.1 Å². The maximum Gasteiger partial charge on any atom is 0.00342 e. The highest BCUT2D eigenvalue weighted by molar-refractivity contribution is 5.42. The molecule has 1 atom stereocenters. The molecule has 0 heterocycles. The third-order valence-corrected chi connectivity index (χ3v) is 3.00. The zero-order valence-corrected chi connectivity index (χ0v) is 9.15. The Morgan fingerprint density at radius 3 is 1.75 bits per heavy atom. The number of hydrogen-bond donors (Lipinski definition) is 0. The second kappa shape index (κ2) is 2.76. The molecule has 0 aromatic rings. The average molecular weight is 164 g/mol. The summed E-state index contributed by atoms with van der Waals surface area (Å²) in [5.41, 5.74) is 4.89. The van der Waals surface area contributed by atoms with Crippen molar-refractivity contribution in [1.29, 1.82) is 0 Å². The molecule has 0 radical (unpaired) electrons. The van der Waals surface area contributed by atoms with Crippen LogP contribution in [0.15, 0.2) is 22.8 Å². The van der Waals surface area contributed by atoms with Gasteiger partial charge in [-0.3, -0.25) is 0 Å². The molecule has 0 amide bonds. The minimum Gasteiger partial charge on any atom is -0.0736 e. The highest BCUT2D eigenvalue weighted by Gasteiger charge is 2.28. The molecule has 1 aliphatic rings. The summed E-state index contributed by atoms with van der Waals surface area (Å²) in [4.78, 5) is 0. The Bertz CT molecular complexity index is 246. The van der Waals surface area contributed by atoms with Crippen LogP contribution in [0.1, 0.15) is 41.5 Å². The average Bonchev–Trinajstić information content (AvgIpc) is 2.15. The maximum atomic E-state index is 2.41. The van der Waals surface area contributed by atoms with E-state index >= 15 is 0 Å². The van der Waals surface area contributed by atoms with Crippen molar-refractivity contribution in [2.75, 3.05) is 0 Å². The first-order valence-corrected chi connectivity index (χ1v) is 4.70. The molecule has 68 valence electrons. The third kappa shape index (κ3) is 1.48. The Balaban J connectivity index is 3.01. The van der Waals surface area contributed by atoms with Crippen molar-refractivity contribution in [2.45, 2.75) is 41.5 Å². The molecule has 0 aliphatic heterocycles. The van der Waals surface area contributed by atoms with Crippen LogP contribution in [0.5, 0.6) is 0 Å². The molecule has 0 N–H and O–H groups in total. The van der Waals surface area contributed by atoms with Gasteiger partial charge in [0.05, 0.1) is 0 Å². The Morgan fingerprint density at radius 2 is 1.58 bits per heavy atom. The summed E-state index contributed by atoms with van der Waals surface area (Å²) in [5.74, 6) is 0.650. The highest BCUT2D eigenvalue weighted by Crippen LogP contribution is 2.40. The van der Waals surface area contributed by atoms with E-state index in [9.17, 15) is 0 Å². The minimum atomic E-state index is 0.378. The van der Waals surface area contributed by atoms with Crippen LogP contribution >= 0.6 is 0 Å². The summed E-state index contributed by atoms with van der Waals surface area (Å²) in [5, 5.41) is 0. The summed E-state index contributed by atoms with van der Waals surface area (Å²) in [6, 6.07) is 0. The van der Waals surface area contributed by atoms with Crippen molar-refractivity contribution in [1.82, 2.24) is 0 Å². The smallest absolute Gasteiger partial charge is 0.00342 e. The van der Waals surface area contributed by atoms with Gasteiger partial charge in [0.15, 0.2) is 0 Å². The Morgan fingerprint density at radius 1 is 1.08 bits per heavy atom. The van der Waals surface area contributed by atoms with Gasteiger partial charge in [0, 0.05) is 5.92 Å². The largest absolute Gasteiger partial charge is 0.0736 e. The van der Waals surface area contributed by atoms with Gasteiger partial charge in [-0.05, 0) is 31.8 Å². The first-order valence-electron chi connectivity index (χ1n) is 4.70. The monoisotopic (exact) mass is 164 g/mol. The van der Waals surface area contributed by atoms with Crippen LogP contribution in [-0.4, -0.2) is 0 Å². The van der Waals surface area contributed by atoms with Crippen molar-refractivity contribution in [3.8, 4) is 0 Å². The normalized spacial score (nSPS) is 24.8. The van der Waals surface area contributed by atoms with Crippen molar-refractivity contribution in [2.24, 2.45) is 11.3 Å². The fraction of sp³-hybridized carbons (Fsp3) is 0.667. The second-order valence-electron chi connectivity index (χ2n) is 5.00. The summed E-state index contributed by atoms with van der Waals surface area (Å²) in [7, 11) is 0. The molecule has 0 bridgehead atoms. The van der Waals surface area contributed by atoms with Crippen molar-refractivity contribution in [3.63, 3.8) is 0 Å². The molecular formula is C12H20. The van der Waals surface area contributed by atoms with E-state index in [-0.39, 0.29) is 0 Å². The van der Waals surface area contributed by atoms with Gasteiger partial charge in [0.25, 0.3) is 0 Å². The van der Waals surface area contributed by atoms with Crippen molar-refractivity contribution in [3.05, 3.63) is 22.8 Å². The molecule has 0 heteroatoms. The van der Waals surface area contributed by atoms with E-state index in [1.54, 1.807) is 5.57 Å². The lowest BCUT2D eigenvalue weighted by molar-refractivity contribution is 0.332. The molecule has 1 aliphatic carbocycles. The van der Waals surface area contributed by atoms with Crippen LogP contribution in [0.3, 0.4) is 0 Å². The van der Waals surface area contributed by atoms with Gasteiger partial charge < -0.3 is 0 Å². The first-order chi connectivity index (χ1) is 5.34. The van der Waals surface area contributed by atoms with E-state index in [4.69, 9.17) is 0 Å². The highest BCUT2D eigenvalue weighted by atomic mass is 14.3. The molecule has 0 aromatic heterocycles. The minimum absolute atomic E-state index is 0.378.